The van der Waals surface area contributed by atoms with E-state index in [9.17, 15) is 14.4 Å². The largest absolute Gasteiger partial charge is 0.497 e. The topological polar surface area (TPSA) is 85.3 Å². The first kappa shape index (κ1) is 25.0. The number of methoxy groups -OCH3 is 2. The molecule has 0 aromatic heterocycles. The highest BCUT2D eigenvalue weighted by molar-refractivity contribution is 6.31. The minimum atomic E-state index is -1.65. The molecule has 2 aliphatic heterocycles. The third-order valence-electron chi connectivity index (χ3n) is 8.36. The summed E-state index contributed by atoms with van der Waals surface area (Å²) in [4.78, 5) is 43.9. The molecular weight excluding hydrogens is 492 g/mol. The molecule has 0 saturated carbocycles. The molecule has 0 N–H and O–H groups in total. The van der Waals surface area contributed by atoms with Crippen LogP contribution in [0, 0.1) is 10.8 Å². The summed E-state index contributed by atoms with van der Waals surface area (Å²) in [6.45, 7) is 5.55. The summed E-state index contributed by atoms with van der Waals surface area (Å²) in [5.41, 5.74) is 0.470. The van der Waals surface area contributed by atoms with Crippen LogP contribution in [-0.2, 0) is 4.79 Å². The number of hydrazone groups is 1. The molecule has 3 atom stereocenters. The molecule has 1 saturated heterocycles. The third kappa shape index (κ3) is 3.28. The molecule has 1 spiro atoms. The molecule has 7 heteroatoms. The summed E-state index contributed by atoms with van der Waals surface area (Å²) in [6.07, 6.45) is 1.71. The molecule has 0 unspecified atom stereocenters. The van der Waals surface area contributed by atoms with Gasteiger partial charge in [0.1, 0.15) is 23.0 Å². The fraction of sp³-hybridized carbons (Fsp3) is 0.312. The second kappa shape index (κ2) is 8.63. The number of ketones is 3. The Hall–Kier alpha value is -4.26. The minimum absolute atomic E-state index is 0.118. The van der Waals surface area contributed by atoms with Crippen LogP contribution in [0.15, 0.2) is 71.8 Å². The Morgan fingerprint density at radius 1 is 0.872 bits per heavy atom. The van der Waals surface area contributed by atoms with Crippen molar-refractivity contribution in [3.05, 3.63) is 94.5 Å². The monoisotopic (exact) mass is 522 g/mol. The SMILES string of the molecule is COc1ccc(OC)c([C@H]2[C@H](C(=O)C(C)(C)C)N3N=Cc4ccccc4[C@H]3C23C(=O)c2ccccc2C3=O)c1. The lowest BCUT2D eigenvalue weighted by atomic mass is 9.62. The molecule has 3 aromatic rings. The van der Waals surface area contributed by atoms with Crippen molar-refractivity contribution in [1.82, 2.24) is 5.01 Å². The summed E-state index contributed by atoms with van der Waals surface area (Å²) < 4.78 is 11.4. The number of fused-ring (bicyclic) bond motifs is 5. The standard InChI is InChI=1S/C32H30N2O5/c1-31(2,3)30(37)26-25(23-16-19(38-4)14-15-24(23)39-5)32(28(35)21-12-8-9-13-22(21)29(32)36)27-20-11-7-6-10-18(20)17-33-34(26)27/h6-17,25-27H,1-5H3/t25-,26+,27-/m0/s1. The summed E-state index contributed by atoms with van der Waals surface area (Å²) in [6, 6.07) is 18.2. The van der Waals surface area contributed by atoms with Gasteiger partial charge in [-0.3, -0.25) is 19.4 Å². The van der Waals surface area contributed by atoms with Crippen LogP contribution in [0.3, 0.4) is 0 Å². The summed E-state index contributed by atoms with van der Waals surface area (Å²) >= 11 is 0. The molecule has 3 aliphatic rings. The Kier molecular flexibility index (Phi) is 5.54. The normalized spacial score (nSPS) is 22.5. The lowest BCUT2D eigenvalue weighted by Gasteiger charge is -2.36. The van der Waals surface area contributed by atoms with E-state index in [0.29, 0.717) is 28.2 Å². The van der Waals surface area contributed by atoms with Crippen LogP contribution in [0.2, 0.25) is 0 Å². The predicted octanol–water partition coefficient (Wildman–Crippen LogP) is 5.24. The summed E-state index contributed by atoms with van der Waals surface area (Å²) in [5, 5.41) is 6.49. The quantitative estimate of drug-likeness (QED) is 0.436. The molecule has 39 heavy (non-hydrogen) atoms. The van der Waals surface area contributed by atoms with Crippen molar-refractivity contribution in [3.8, 4) is 11.5 Å². The van der Waals surface area contributed by atoms with Gasteiger partial charge in [-0.15, -0.1) is 0 Å². The van der Waals surface area contributed by atoms with Crippen LogP contribution in [0.5, 0.6) is 11.5 Å². The van der Waals surface area contributed by atoms with E-state index >= 15 is 0 Å². The highest BCUT2D eigenvalue weighted by atomic mass is 16.5. The maximum Gasteiger partial charge on any atom is 0.180 e. The lowest BCUT2D eigenvalue weighted by Crippen LogP contribution is -2.45. The van der Waals surface area contributed by atoms with Crippen molar-refractivity contribution >= 4 is 23.6 Å². The second-order valence-corrected chi connectivity index (χ2v) is 11.4. The maximum absolute atomic E-state index is 14.8. The van der Waals surface area contributed by atoms with Crippen LogP contribution in [-0.4, -0.2) is 48.8 Å². The number of nitrogens with zero attached hydrogens (tertiary/aromatic N) is 2. The minimum Gasteiger partial charge on any atom is -0.497 e. The lowest BCUT2D eigenvalue weighted by molar-refractivity contribution is -0.131. The average Bonchev–Trinajstić information content (AvgIpc) is 3.37. The number of hydrogen-bond donors (Lipinski definition) is 0. The van der Waals surface area contributed by atoms with Gasteiger partial charge < -0.3 is 9.47 Å². The number of carbonyl (C=O) groups excluding carboxylic acids is 3. The van der Waals surface area contributed by atoms with Crippen molar-refractivity contribution in [1.29, 1.82) is 0 Å². The van der Waals surface area contributed by atoms with Gasteiger partial charge in [0.25, 0.3) is 0 Å². The average molecular weight is 523 g/mol. The van der Waals surface area contributed by atoms with E-state index in [2.05, 4.69) is 0 Å². The first-order chi connectivity index (χ1) is 18.7. The molecule has 1 aliphatic carbocycles. The first-order valence-corrected chi connectivity index (χ1v) is 13.0. The zero-order valence-corrected chi connectivity index (χ0v) is 22.6. The first-order valence-electron chi connectivity index (χ1n) is 13.0. The van der Waals surface area contributed by atoms with Gasteiger partial charge in [-0.2, -0.15) is 5.10 Å². The molecule has 6 rings (SSSR count). The highest BCUT2D eigenvalue weighted by Gasteiger charge is 2.73. The zero-order valence-electron chi connectivity index (χ0n) is 22.6. The molecule has 0 radical (unpaired) electrons. The van der Waals surface area contributed by atoms with Gasteiger partial charge in [0, 0.05) is 28.0 Å². The van der Waals surface area contributed by atoms with Gasteiger partial charge in [-0.05, 0) is 29.3 Å². The number of benzene rings is 3. The van der Waals surface area contributed by atoms with E-state index in [1.807, 2.05) is 45.0 Å². The van der Waals surface area contributed by atoms with E-state index in [1.165, 1.54) is 0 Å². The van der Waals surface area contributed by atoms with Gasteiger partial charge in [-0.1, -0.05) is 69.3 Å². The van der Waals surface area contributed by atoms with Crippen LogP contribution in [0.4, 0.5) is 0 Å². The van der Waals surface area contributed by atoms with Gasteiger partial charge in [0.15, 0.2) is 17.3 Å². The third-order valence-corrected chi connectivity index (χ3v) is 8.36. The number of carbonyl (C=O) groups is 3. The van der Waals surface area contributed by atoms with Gasteiger partial charge in [0.05, 0.1) is 26.5 Å². The van der Waals surface area contributed by atoms with E-state index in [-0.39, 0.29) is 17.3 Å². The molecule has 1 fully saturated rings. The van der Waals surface area contributed by atoms with Crippen LogP contribution < -0.4 is 9.47 Å². The van der Waals surface area contributed by atoms with Gasteiger partial charge in [0.2, 0.25) is 0 Å². The molecule has 2 heterocycles. The van der Waals surface area contributed by atoms with Gasteiger partial charge >= 0.3 is 0 Å². The number of rotatable bonds is 4. The fourth-order valence-corrected chi connectivity index (χ4v) is 6.65. The Bertz CT molecular complexity index is 1530. The van der Waals surface area contributed by atoms with E-state index < -0.39 is 28.8 Å². The molecule has 0 amide bonds. The molecule has 0 bridgehead atoms. The predicted molar refractivity (Wildman–Crippen MR) is 147 cm³/mol. The van der Waals surface area contributed by atoms with Crippen LogP contribution >= 0.6 is 0 Å². The second-order valence-electron chi connectivity index (χ2n) is 11.4. The number of hydrogen-bond acceptors (Lipinski definition) is 7. The Labute approximate surface area is 227 Å². The van der Waals surface area contributed by atoms with Crippen LogP contribution in [0.1, 0.15) is 70.1 Å². The molecular formula is C32H30N2O5. The Balaban J connectivity index is 1.75. The number of Topliss-reactive ketones (excluding diaryl/α,β-unsaturated/α-hetero) is 3. The van der Waals surface area contributed by atoms with Crippen molar-refractivity contribution < 1.29 is 23.9 Å². The van der Waals surface area contributed by atoms with Crippen molar-refractivity contribution in [2.24, 2.45) is 15.9 Å². The van der Waals surface area contributed by atoms with E-state index in [4.69, 9.17) is 14.6 Å². The zero-order chi connectivity index (χ0) is 27.7. The Morgan fingerprint density at radius 3 is 2.13 bits per heavy atom. The van der Waals surface area contributed by atoms with Crippen molar-refractivity contribution in [2.75, 3.05) is 14.2 Å². The molecule has 198 valence electrons. The molecule has 3 aromatic carbocycles. The van der Waals surface area contributed by atoms with Crippen molar-refractivity contribution in [3.63, 3.8) is 0 Å². The van der Waals surface area contributed by atoms with E-state index in [1.54, 1.807) is 67.9 Å². The summed E-state index contributed by atoms with van der Waals surface area (Å²) in [5.74, 6) is -0.608. The smallest absolute Gasteiger partial charge is 0.180 e. The van der Waals surface area contributed by atoms with Crippen molar-refractivity contribution in [2.45, 2.75) is 38.8 Å². The van der Waals surface area contributed by atoms with Gasteiger partial charge in [-0.25, -0.2) is 0 Å². The van der Waals surface area contributed by atoms with Crippen LogP contribution in [0.25, 0.3) is 0 Å². The maximum atomic E-state index is 14.8. The number of ether oxygens (including phenoxy) is 2. The summed E-state index contributed by atoms with van der Waals surface area (Å²) in [7, 11) is 3.10. The molecule has 7 nitrogen and oxygen atoms in total. The fourth-order valence-electron chi connectivity index (χ4n) is 6.65. The highest BCUT2D eigenvalue weighted by Crippen LogP contribution is 2.66. The Morgan fingerprint density at radius 2 is 1.51 bits per heavy atom. The van der Waals surface area contributed by atoms with E-state index in [0.717, 1.165) is 11.1 Å².